The zero-order chi connectivity index (χ0) is 15.1. The topological polar surface area (TPSA) is 80.5 Å². The van der Waals surface area contributed by atoms with Crippen LogP contribution in [0, 0.1) is 13.8 Å². The lowest BCUT2D eigenvalue weighted by atomic mass is 10.0. The first kappa shape index (κ1) is 13.6. The Morgan fingerprint density at radius 1 is 1.14 bits per heavy atom. The van der Waals surface area contributed by atoms with Gasteiger partial charge in [0.05, 0.1) is 5.69 Å². The van der Waals surface area contributed by atoms with Crippen molar-refractivity contribution >= 4 is 11.8 Å². The summed E-state index contributed by atoms with van der Waals surface area (Å²) in [6, 6.07) is 10.3. The number of hydrogen-bond donors (Lipinski definition) is 2. The van der Waals surface area contributed by atoms with Gasteiger partial charge in [-0.1, -0.05) is 23.8 Å². The molecule has 108 valence electrons. The van der Waals surface area contributed by atoms with Crippen LogP contribution in [0.15, 0.2) is 35.3 Å². The quantitative estimate of drug-likeness (QED) is 0.840. The molecule has 3 rings (SSSR count). The van der Waals surface area contributed by atoms with E-state index < -0.39 is 0 Å². The number of aromatic nitrogens is 1. The third-order valence-corrected chi connectivity index (χ3v) is 3.88. The van der Waals surface area contributed by atoms with Crippen molar-refractivity contribution in [3.05, 3.63) is 47.0 Å². The van der Waals surface area contributed by atoms with Crippen molar-refractivity contribution < 1.29 is 0 Å². The number of benzene rings is 1. The molecule has 5 heteroatoms. The van der Waals surface area contributed by atoms with Crippen LogP contribution in [0.4, 0.5) is 5.82 Å². The highest BCUT2D eigenvalue weighted by atomic mass is 15.3. The molecule has 2 heterocycles. The fourth-order valence-corrected chi connectivity index (χ4v) is 2.57. The van der Waals surface area contributed by atoms with Gasteiger partial charge in [-0.3, -0.25) is 0 Å². The predicted octanol–water partition coefficient (Wildman–Crippen LogP) is 2.21. The van der Waals surface area contributed by atoms with Crippen molar-refractivity contribution in [1.82, 2.24) is 9.88 Å². The highest BCUT2D eigenvalue weighted by Gasteiger charge is 2.24. The van der Waals surface area contributed by atoms with E-state index in [2.05, 4.69) is 42.0 Å². The highest BCUT2D eigenvalue weighted by molar-refractivity contribution is 5.83. The van der Waals surface area contributed by atoms with Gasteiger partial charge in [0, 0.05) is 18.2 Å². The van der Waals surface area contributed by atoms with Crippen molar-refractivity contribution in [2.45, 2.75) is 20.0 Å². The van der Waals surface area contributed by atoms with Crippen LogP contribution in [-0.2, 0) is 0 Å². The van der Waals surface area contributed by atoms with E-state index in [0.717, 1.165) is 16.8 Å². The molecule has 0 amide bonds. The van der Waals surface area contributed by atoms with Crippen LogP contribution in [-0.4, -0.2) is 22.9 Å². The normalized spacial score (nSPS) is 17.4. The number of fused-ring (bicyclic) bond motifs is 1. The van der Waals surface area contributed by atoms with E-state index in [1.54, 1.807) is 4.90 Å². The Kier molecular flexibility index (Phi) is 3.14. The summed E-state index contributed by atoms with van der Waals surface area (Å²) in [7, 11) is 1.82. The summed E-state index contributed by atoms with van der Waals surface area (Å²) >= 11 is 0. The van der Waals surface area contributed by atoms with Crippen molar-refractivity contribution in [3.8, 4) is 11.3 Å². The van der Waals surface area contributed by atoms with Gasteiger partial charge < -0.3 is 16.4 Å². The van der Waals surface area contributed by atoms with E-state index in [1.807, 2.05) is 19.2 Å². The Bertz CT molecular complexity index is 735. The largest absolute Gasteiger partial charge is 0.369 e. The van der Waals surface area contributed by atoms with Crippen LogP contribution < -0.4 is 11.5 Å². The molecule has 2 aromatic rings. The van der Waals surface area contributed by atoms with E-state index in [0.29, 0.717) is 11.8 Å². The second kappa shape index (κ2) is 4.86. The predicted molar refractivity (Wildman–Crippen MR) is 85.1 cm³/mol. The minimum atomic E-state index is -0.307. The second-order valence-electron chi connectivity index (χ2n) is 5.45. The van der Waals surface area contributed by atoms with Crippen LogP contribution in [0.1, 0.15) is 22.9 Å². The molecular weight excluding hydrogens is 262 g/mol. The van der Waals surface area contributed by atoms with Gasteiger partial charge in [0.1, 0.15) is 6.17 Å². The molecule has 1 aliphatic heterocycles. The number of nitrogens with zero attached hydrogens (tertiary/aromatic N) is 3. The summed E-state index contributed by atoms with van der Waals surface area (Å²) in [5.41, 5.74) is 17.3. The van der Waals surface area contributed by atoms with E-state index in [1.165, 1.54) is 11.1 Å². The van der Waals surface area contributed by atoms with Gasteiger partial charge in [0.2, 0.25) is 0 Å². The van der Waals surface area contributed by atoms with Crippen molar-refractivity contribution in [3.63, 3.8) is 0 Å². The van der Waals surface area contributed by atoms with Crippen LogP contribution in [0.2, 0.25) is 0 Å². The van der Waals surface area contributed by atoms with Crippen LogP contribution >= 0.6 is 0 Å². The zero-order valence-corrected chi connectivity index (χ0v) is 12.5. The van der Waals surface area contributed by atoms with Crippen molar-refractivity contribution in [2.75, 3.05) is 7.05 Å². The molecule has 4 N–H and O–H groups in total. The molecule has 21 heavy (non-hydrogen) atoms. The Morgan fingerprint density at radius 3 is 2.62 bits per heavy atom. The number of aryl methyl sites for hydroxylation is 2. The van der Waals surface area contributed by atoms with Gasteiger partial charge in [-0.2, -0.15) is 4.99 Å². The first-order chi connectivity index (χ1) is 9.97. The van der Waals surface area contributed by atoms with Crippen molar-refractivity contribution in [2.24, 2.45) is 16.5 Å². The number of hydrogen-bond acceptors (Lipinski definition) is 5. The van der Waals surface area contributed by atoms with Crippen LogP contribution in [0.3, 0.4) is 0 Å². The van der Waals surface area contributed by atoms with E-state index in [4.69, 9.17) is 11.5 Å². The van der Waals surface area contributed by atoms with Crippen LogP contribution in [0.5, 0.6) is 0 Å². The number of guanidine groups is 1. The summed E-state index contributed by atoms with van der Waals surface area (Å²) in [5.74, 6) is 0.996. The zero-order valence-electron chi connectivity index (χ0n) is 12.5. The molecule has 0 fully saturated rings. The molecule has 1 unspecified atom stereocenters. The van der Waals surface area contributed by atoms with Crippen molar-refractivity contribution in [1.29, 1.82) is 0 Å². The highest BCUT2D eigenvalue weighted by Crippen LogP contribution is 2.32. The van der Waals surface area contributed by atoms with E-state index >= 15 is 0 Å². The Morgan fingerprint density at radius 2 is 1.90 bits per heavy atom. The van der Waals surface area contributed by atoms with Gasteiger partial charge in [-0.15, -0.1) is 0 Å². The maximum Gasteiger partial charge on any atom is 0.199 e. The molecule has 0 aliphatic carbocycles. The van der Waals surface area contributed by atoms with E-state index in [9.17, 15) is 0 Å². The van der Waals surface area contributed by atoms with Gasteiger partial charge >= 0.3 is 0 Å². The summed E-state index contributed by atoms with van der Waals surface area (Å²) in [6.07, 6.45) is -0.307. The maximum absolute atomic E-state index is 6.14. The summed E-state index contributed by atoms with van der Waals surface area (Å²) < 4.78 is 0. The first-order valence-corrected chi connectivity index (χ1v) is 6.88. The molecule has 0 spiro atoms. The van der Waals surface area contributed by atoms with Gasteiger partial charge in [-0.25, -0.2) is 4.98 Å². The Labute approximate surface area is 124 Å². The molecule has 1 aliphatic rings. The lowest BCUT2D eigenvalue weighted by Crippen LogP contribution is -2.43. The third kappa shape index (κ3) is 2.25. The minimum Gasteiger partial charge on any atom is -0.369 e. The smallest absolute Gasteiger partial charge is 0.199 e. The molecule has 0 saturated carbocycles. The summed E-state index contributed by atoms with van der Waals surface area (Å²) in [5, 5.41) is 0. The number of rotatable bonds is 1. The summed E-state index contributed by atoms with van der Waals surface area (Å²) in [6.45, 7) is 4.16. The molecular formula is C16H19N5. The van der Waals surface area contributed by atoms with Gasteiger partial charge in [0.15, 0.2) is 11.8 Å². The van der Waals surface area contributed by atoms with Gasteiger partial charge in [-0.05, 0) is 31.5 Å². The first-order valence-electron chi connectivity index (χ1n) is 6.88. The molecule has 1 aromatic heterocycles. The van der Waals surface area contributed by atoms with Gasteiger partial charge in [0.25, 0.3) is 0 Å². The third-order valence-electron chi connectivity index (χ3n) is 3.88. The molecule has 1 atom stereocenters. The SMILES string of the molecule is Cc1ccc(-c2ccc3c(n2)N=C(N)N(C)C3N)c(C)c1. The summed E-state index contributed by atoms with van der Waals surface area (Å²) in [4.78, 5) is 10.7. The molecule has 0 saturated heterocycles. The lowest BCUT2D eigenvalue weighted by molar-refractivity contribution is 0.374. The average molecular weight is 281 g/mol. The average Bonchev–Trinajstić information content (AvgIpc) is 2.44. The molecule has 1 aromatic carbocycles. The second-order valence-corrected chi connectivity index (χ2v) is 5.45. The molecule has 5 nitrogen and oxygen atoms in total. The van der Waals surface area contributed by atoms with E-state index in [-0.39, 0.29) is 6.17 Å². The Balaban J connectivity index is 2.11. The molecule has 0 radical (unpaired) electrons. The standard InChI is InChI=1S/C16H19N5/c1-9-4-5-11(10(2)8-9)13-7-6-12-14(17)21(3)16(18)20-15(12)19-13/h4-8,14H,17H2,1-3H3,(H2,18,19,20). The monoisotopic (exact) mass is 281 g/mol. The van der Waals surface area contributed by atoms with Crippen LogP contribution in [0.25, 0.3) is 11.3 Å². The Hall–Kier alpha value is -2.40. The maximum atomic E-state index is 6.14. The number of pyridine rings is 1. The number of nitrogens with two attached hydrogens (primary N) is 2. The lowest BCUT2D eigenvalue weighted by Gasteiger charge is -2.30. The molecule has 0 bridgehead atoms. The fraction of sp³-hybridized carbons (Fsp3) is 0.250. The number of aliphatic imine (C=N–C) groups is 1. The fourth-order valence-electron chi connectivity index (χ4n) is 2.57. The minimum absolute atomic E-state index is 0.307.